The Labute approximate surface area is 123 Å². The first kappa shape index (κ1) is 14.6. The van der Waals surface area contributed by atoms with E-state index in [1.807, 2.05) is 0 Å². The van der Waals surface area contributed by atoms with Gasteiger partial charge in [-0.15, -0.1) is 0 Å². The topological polar surface area (TPSA) is 41.1 Å². The Hall–Kier alpha value is -1.85. The third-order valence-electron chi connectivity index (χ3n) is 2.35. The van der Waals surface area contributed by atoms with Gasteiger partial charge in [0.15, 0.2) is 0 Å². The van der Waals surface area contributed by atoms with Crippen molar-refractivity contribution in [3.8, 4) is 0 Å². The van der Waals surface area contributed by atoms with Crippen LogP contribution in [0.3, 0.4) is 0 Å². The molecule has 2 rings (SSSR count). The van der Waals surface area contributed by atoms with Crippen LogP contribution < -0.4 is 10.6 Å². The van der Waals surface area contributed by atoms with E-state index in [0.29, 0.717) is 5.69 Å². The first-order chi connectivity index (χ1) is 9.45. The maximum Gasteiger partial charge on any atom is 0.323 e. The zero-order valence-corrected chi connectivity index (χ0v) is 11.4. The van der Waals surface area contributed by atoms with Crippen LogP contribution in [-0.4, -0.2) is 6.03 Å². The van der Waals surface area contributed by atoms with Crippen molar-refractivity contribution in [1.29, 1.82) is 0 Å². The second-order valence-corrected chi connectivity index (χ2v) is 4.65. The van der Waals surface area contributed by atoms with Gasteiger partial charge < -0.3 is 10.6 Å². The first-order valence-corrected chi connectivity index (χ1v) is 6.19. The van der Waals surface area contributed by atoms with E-state index in [-0.39, 0.29) is 15.7 Å². The van der Waals surface area contributed by atoms with Crippen molar-refractivity contribution in [3.63, 3.8) is 0 Å². The van der Waals surface area contributed by atoms with Crippen LogP contribution in [0.15, 0.2) is 36.4 Å². The van der Waals surface area contributed by atoms with Crippen LogP contribution in [0, 0.1) is 11.6 Å². The minimum absolute atomic E-state index is 0.0405. The van der Waals surface area contributed by atoms with Crippen molar-refractivity contribution in [2.24, 2.45) is 0 Å². The van der Waals surface area contributed by atoms with Crippen molar-refractivity contribution >= 4 is 40.6 Å². The second-order valence-electron chi connectivity index (χ2n) is 3.84. The van der Waals surface area contributed by atoms with E-state index in [4.69, 9.17) is 23.2 Å². The summed E-state index contributed by atoms with van der Waals surface area (Å²) < 4.78 is 26.1. The van der Waals surface area contributed by atoms with Gasteiger partial charge in [-0.2, -0.15) is 0 Å². The molecule has 0 heterocycles. The lowest BCUT2D eigenvalue weighted by Gasteiger charge is -2.08. The Kier molecular flexibility index (Phi) is 4.42. The molecule has 0 saturated heterocycles. The molecule has 0 saturated carbocycles. The van der Waals surface area contributed by atoms with Crippen LogP contribution >= 0.6 is 23.2 Å². The zero-order valence-electron chi connectivity index (χ0n) is 9.88. The molecule has 3 nitrogen and oxygen atoms in total. The van der Waals surface area contributed by atoms with Gasteiger partial charge in [0.25, 0.3) is 0 Å². The van der Waals surface area contributed by atoms with Crippen LogP contribution in [0.4, 0.5) is 25.0 Å². The first-order valence-electron chi connectivity index (χ1n) is 5.44. The highest BCUT2D eigenvalue weighted by molar-refractivity contribution is 6.31. The molecule has 20 heavy (non-hydrogen) atoms. The maximum absolute atomic E-state index is 13.2. The highest BCUT2D eigenvalue weighted by atomic mass is 35.5. The molecule has 0 spiro atoms. The number of benzene rings is 2. The Morgan fingerprint density at radius 2 is 1.45 bits per heavy atom. The van der Waals surface area contributed by atoms with Gasteiger partial charge in [0.1, 0.15) is 11.6 Å². The molecule has 0 bridgehead atoms. The number of carbonyl (C=O) groups excluding carboxylic acids is 1. The molecule has 2 aromatic carbocycles. The number of urea groups is 1. The number of nitrogens with one attached hydrogen (secondary N) is 2. The van der Waals surface area contributed by atoms with Gasteiger partial charge in [0, 0.05) is 11.4 Å². The van der Waals surface area contributed by atoms with Crippen LogP contribution in [0.2, 0.25) is 10.0 Å². The lowest BCUT2D eigenvalue weighted by Crippen LogP contribution is -2.19. The van der Waals surface area contributed by atoms with Gasteiger partial charge in [-0.3, -0.25) is 0 Å². The fraction of sp³-hybridized carbons (Fsp3) is 0. The molecule has 0 radical (unpaired) electrons. The average Bonchev–Trinajstić information content (AvgIpc) is 2.38. The summed E-state index contributed by atoms with van der Waals surface area (Å²) in [7, 11) is 0. The van der Waals surface area contributed by atoms with E-state index in [9.17, 15) is 13.6 Å². The fourth-order valence-corrected chi connectivity index (χ4v) is 1.74. The molecule has 2 aromatic rings. The average molecular weight is 317 g/mol. The molecule has 2 N–H and O–H groups in total. The summed E-state index contributed by atoms with van der Waals surface area (Å²) in [6, 6.07) is 6.97. The number of hydrogen-bond acceptors (Lipinski definition) is 1. The van der Waals surface area contributed by atoms with E-state index in [1.165, 1.54) is 24.3 Å². The molecule has 0 aliphatic heterocycles. The van der Waals surface area contributed by atoms with E-state index in [1.54, 1.807) is 0 Å². The molecule has 0 fully saturated rings. The summed E-state index contributed by atoms with van der Waals surface area (Å²) in [6.45, 7) is 0. The van der Waals surface area contributed by atoms with Crippen molar-refractivity contribution in [2.45, 2.75) is 0 Å². The van der Waals surface area contributed by atoms with Crippen molar-refractivity contribution in [2.75, 3.05) is 10.6 Å². The van der Waals surface area contributed by atoms with E-state index >= 15 is 0 Å². The Balaban J connectivity index is 2.04. The van der Waals surface area contributed by atoms with Crippen LogP contribution in [-0.2, 0) is 0 Å². The smallest absolute Gasteiger partial charge is 0.308 e. The summed E-state index contributed by atoms with van der Waals surface area (Å²) >= 11 is 11.1. The lowest BCUT2D eigenvalue weighted by atomic mass is 10.3. The van der Waals surface area contributed by atoms with Crippen molar-refractivity contribution in [3.05, 3.63) is 58.1 Å². The molecule has 7 heteroatoms. The molecule has 0 atom stereocenters. The minimum Gasteiger partial charge on any atom is -0.308 e. The Morgan fingerprint density at radius 3 is 2.05 bits per heavy atom. The zero-order chi connectivity index (χ0) is 14.7. The Bertz CT molecular complexity index is 609. The fourth-order valence-electron chi connectivity index (χ4n) is 1.44. The van der Waals surface area contributed by atoms with Crippen LogP contribution in [0.5, 0.6) is 0 Å². The molecular weight excluding hydrogens is 309 g/mol. The van der Waals surface area contributed by atoms with E-state index < -0.39 is 17.7 Å². The summed E-state index contributed by atoms with van der Waals surface area (Å²) in [5.41, 5.74) is 0.543. The third-order valence-corrected chi connectivity index (χ3v) is 2.95. The second kappa shape index (κ2) is 6.07. The van der Waals surface area contributed by atoms with Gasteiger partial charge in [-0.1, -0.05) is 23.2 Å². The lowest BCUT2D eigenvalue weighted by molar-refractivity contribution is 0.262. The number of carbonyl (C=O) groups is 1. The van der Waals surface area contributed by atoms with Gasteiger partial charge in [-0.05, 0) is 36.4 Å². The van der Waals surface area contributed by atoms with Crippen molar-refractivity contribution < 1.29 is 13.6 Å². The number of amides is 2. The summed E-state index contributed by atoms with van der Waals surface area (Å²) in [5.74, 6) is -1.23. The third kappa shape index (κ3) is 3.59. The normalized spacial score (nSPS) is 10.2. The van der Waals surface area contributed by atoms with Crippen molar-refractivity contribution in [1.82, 2.24) is 0 Å². The summed E-state index contributed by atoms with van der Waals surface area (Å²) in [4.78, 5) is 11.7. The maximum atomic E-state index is 13.2. The van der Waals surface area contributed by atoms with Gasteiger partial charge in [0.05, 0.1) is 10.0 Å². The highest BCUT2D eigenvalue weighted by Gasteiger charge is 2.07. The predicted molar refractivity (Wildman–Crippen MR) is 75.5 cm³/mol. The van der Waals surface area contributed by atoms with Crippen LogP contribution in [0.1, 0.15) is 0 Å². The molecule has 0 aromatic heterocycles. The number of halogens is 4. The quantitative estimate of drug-likeness (QED) is 0.811. The molecule has 104 valence electrons. The number of anilines is 2. The molecule has 2 amide bonds. The van der Waals surface area contributed by atoms with E-state index in [0.717, 1.165) is 12.1 Å². The predicted octanol–water partition coefficient (Wildman–Crippen LogP) is 4.92. The minimum atomic E-state index is -0.644. The van der Waals surface area contributed by atoms with Gasteiger partial charge in [0.2, 0.25) is 0 Å². The Morgan fingerprint density at radius 1 is 0.850 bits per heavy atom. The molecular formula is C13H8Cl2F2N2O. The SMILES string of the molecule is O=C(Nc1ccc(Cl)c(F)c1)Nc1ccc(F)c(Cl)c1. The molecule has 0 aliphatic rings. The van der Waals surface area contributed by atoms with Gasteiger partial charge in [-0.25, -0.2) is 13.6 Å². The largest absolute Gasteiger partial charge is 0.323 e. The highest BCUT2D eigenvalue weighted by Crippen LogP contribution is 2.21. The summed E-state index contributed by atoms with van der Waals surface area (Å²) in [5, 5.41) is 4.69. The van der Waals surface area contributed by atoms with Crippen LogP contribution in [0.25, 0.3) is 0 Å². The standard InChI is InChI=1S/C13H8Cl2F2N2O/c14-9-3-1-8(6-12(9)17)19-13(20)18-7-2-4-11(16)10(15)5-7/h1-6H,(H2,18,19,20). The molecule has 0 unspecified atom stereocenters. The number of hydrogen-bond donors (Lipinski definition) is 2. The summed E-state index contributed by atoms with van der Waals surface area (Å²) in [6.07, 6.45) is 0. The monoisotopic (exact) mass is 316 g/mol. The van der Waals surface area contributed by atoms with E-state index in [2.05, 4.69) is 10.6 Å². The molecule has 0 aliphatic carbocycles. The van der Waals surface area contributed by atoms with Gasteiger partial charge >= 0.3 is 6.03 Å². The number of rotatable bonds is 2.